The summed E-state index contributed by atoms with van der Waals surface area (Å²) in [5.41, 5.74) is 9.06. The number of nitrogens with zero attached hydrogens (tertiary/aromatic N) is 6. The van der Waals surface area contributed by atoms with E-state index in [0.29, 0.717) is 42.1 Å². The number of allylic oxidation sites excluding steroid dienone is 2. The van der Waals surface area contributed by atoms with Crippen LogP contribution in [0.4, 0.5) is 37.2 Å². The molecule has 2 unspecified atom stereocenters. The summed E-state index contributed by atoms with van der Waals surface area (Å²) in [5, 5.41) is 9.25. The van der Waals surface area contributed by atoms with Gasteiger partial charge in [0.05, 0.1) is 27.9 Å². The van der Waals surface area contributed by atoms with Crippen LogP contribution < -0.4 is 21.1 Å². The molecule has 0 bridgehead atoms. The van der Waals surface area contributed by atoms with Crippen molar-refractivity contribution in [3.63, 3.8) is 0 Å². The number of rotatable bonds is 6. The molecule has 262 valence electrons. The van der Waals surface area contributed by atoms with Gasteiger partial charge in [-0.25, -0.2) is 13.2 Å². The zero-order valence-corrected chi connectivity index (χ0v) is 27.7. The Kier molecular flexibility index (Phi) is 8.54. The van der Waals surface area contributed by atoms with E-state index in [1.807, 2.05) is 11.0 Å². The van der Waals surface area contributed by atoms with Crippen LogP contribution in [0.25, 0.3) is 32.1 Å². The Morgan fingerprint density at radius 1 is 1.22 bits per heavy atom. The van der Waals surface area contributed by atoms with Crippen LogP contribution in [0.2, 0.25) is 0 Å². The number of nitrogens with two attached hydrogens (primary N) is 2. The molecule has 2 fully saturated rings. The number of halogens is 6. The standard InChI is InChI=1S/C34H32F6N8OS/c1-17(42)11-19-5-9-47(10-7-44-19)31-21-12-23(34(38,39)40)26(20-3-4-24(36)29-25(20)22(14-41)30(43)50-29)27(37)28(21)45-32(46-31)49-16-33-6-2-8-48(33)15-18(35)13-33/h3-4,11-12,18H,2,5-10,13,15-16,42-43H2,1H3/b17-11-. The average molecular weight is 715 g/mol. The van der Waals surface area contributed by atoms with Gasteiger partial charge >= 0.3 is 12.2 Å². The third kappa shape index (κ3) is 5.85. The van der Waals surface area contributed by atoms with Gasteiger partial charge in [-0.2, -0.15) is 28.4 Å². The van der Waals surface area contributed by atoms with Crippen LogP contribution in [0.1, 0.15) is 43.7 Å². The molecule has 2 aromatic heterocycles. The van der Waals surface area contributed by atoms with Crippen molar-refractivity contribution in [1.82, 2.24) is 14.9 Å². The van der Waals surface area contributed by atoms with Crippen molar-refractivity contribution < 1.29 is 31.1 Å². The van der Waals surface area contributed by atoms with E-state index in [2.05, 4.69) is 15.0 Å². The molecule has 5 heterocycles. The van der Waals surface area contributed by atoms with Crippen molar-refractivity contribution in [2.75, 3.05) is 50.0 Å². The molecule has 7 rings (SSSR count). The zero-order valence-electron chi connectivity index (χ0n) is 26.9. The van der Waals surface area contributed by atoms with Gasteiger partial charge < -0.3 is 21.1 Å². The number of hydrogen-bond acceptors (Lipinski definition) is 10. The van der Waals surface area contributed by atoms with Gasteiger partial charge in [-0.05, 0) is 50.1 Å². The monoisotopic (exact) mass is 714 g/mol. The fourth-order valence-corrected chi connectivity index (χ4v) is 8.44. The van der Waals surface area contributed by atoms with E-state index < -0.39 is 46.2 Å². The molecule has 2 atom stereocenters. The van der Waals surface area contributed by atoms with Gasteiger partial charge in [-0.3, -0.25) is 9.89 Å². The number of benzene rings is 2. The number of nitrogen functional groups attached to an aromatic ring is 1. The molecule has 0 amide bonds. The van der Waals surface area contributed by atoms with Gasteiger partial charge in [0, 0.05) is 60.2 Å². The lowest BCUT2D eigenvalue weighted by Gasteiger charge is -2.31. The van der Waals surface area contributed by atoms with Crippen LogP contribution in [0, 0.1) is 23.0 Å². The molecule has 4 aromatic rings. The van der Waals surface area contributed by atoms with Gasteiger partial charge in [0.1, 0.15) is 41.0 Å². The lowest BCUT2D eigenvalue weighted by molar-refractivity contribution is -0.137. The Bertz CT molecular complexity index is 2120. The Balaban J connectivity index is 1.43. The minimum Gasteiger partial charge on any atom is -0.461 e. The summed E-state index contributed by atoms with van der Waals surface area (Å²) in [7, 11) is 0. The molecule has 2 saturated heterocycles. The lowest BCUT2D eigenvalue weighted by Crippen LogP contribution is -2.43. The largest absolute Gasteiger partial charge is 0.461 e. The zero-order chi connectivity index (χ0) is 35.5. The van der Waals surface area contributed by atoms with Gasteiger partial charge in [-0.15, -0.1) is 11.3 Å². The summed E-state index contributed by atoms with van der Waals surface area (Å²) in [6.45, 7) is 3.43. The Morgan fingerprint density at radius 3 is 2.76 bits per heavy atom. The number of fused-ring (bicyclic) bond motifs is 3. The predicted molar refractivity (Wildman–Crippen MR) is 180 cm³/mol. The highest BCUT2D eigenvalue weighted by Gasteiger charge is 2.49. The van der Waals surface area contributed by atoms with E-state index in [-0.39, 0.29) is 82.6 Å². The van der Waals surface area contributed by atoms with Gasteiger partial charge in [0.15, 0.2) is 5.82 Å². The first-order valence-corrected chi connectivity index (χ1v) is 16.9. The summed E-state index contributed by atoms with van der Waals surface area (Å²) in [4.78, 5) is 17.1. The first-order chi connectivity index (χ1) is 23.8. The number of anilines is 2. The number of aromatic nitrogens is 2. The summed E-state index contributed by atoms with van der Waals surface area (Å²) >= 11 is 0.687. The van der Waals surface area contributed by atoms with E-state index in [9.17, 15) is 27.2 Å². The maximum Gasteiger partial charge on any atom is 0.417 e. The van der Waals surface area contributed by atoms with Gasteiger partial charge in [0.2, 0.25) is 0 Å². The maximum absolute atomic E-state index is 17.1. The number of alkyl halides is 4. The normalized spacial score (nSPS) is 21.8. The summed E-state index contributed by atoms with van der Waals surface area (Å²) in [6, 6.07) is 4.24. The van der Waals surface area contributed by atoms with Crippen LogP contribution in [0.3, 0.4) is 0 Å². The van der Waals surface area contributed by atoms with E-state index in [4.69, 9.17) is 16.2 Å². The maximum atomic E-state index is 17.1. The van der Waals surface area contributed by atoms with Crippen LogP contribution in [0.5, 0.6) is 6.01 Å². The molecule has 0 radical (unpaired) electrons. The summed E-state index contributed by atoms with van der Waals surface area (Å²) < 4.78 is 97.3. The average Bonchev–Trinajstić information content (AvgIpc) is 3.63. The molecule has 3 aliphatic rings. The van der Waals surface area contributed by atoms with Crippen molar-refractivity contribution in [2.45, 2.75) is 50.5 Å². The smallest absolute Gasteiger partial charge is 0.417 e. The number of nitriles is 1. The van der Waals surface area contributed by atoms with E-state index in [1.54, 1.807) is 17.9 Å². The molecule has 50 heavy (non-hydrogen) atoms. The first kappa shape index (κ1) is 33.9. The second kappa shape index (κ2) is 12.6. The topological polar surface area (TPSA) is 130 Å². The lowest BCUT2D eigenvalue weighted by atomic mass is 9.92. The molecule has 16 heteroatoms. The third-order valence-corrected chi connectivity index (χ3v) is 10.7. The molecule has 2 aromatic carbocycles. The van der Waals surface area contributed by atoms with E-state index >= 15 is 4.39 Å². The van der Waals surface area contributed by atoms with E-state index in [0.717, 1.165) is 24.6 Å². The first-order valence-electron chi connectivity index (χ1n) is 16.1. The summed E-state index contributed by atoms with van der Waals surface area (Å²) in [5.74, 6) is -2.17. The van der Waals surface area contributed by atoms with Crippen molar-refractivity contribution >= 4 is 48.9 Å². The van der Waals surface area contributed by atoms with Crippen LogP contribution >= 0.6 is 11.3 Å². The van der Waals surface area contributed by atoms with Crippen molar-refractivity contribution in [1.29, 1.82) is 5.26 Å². The Morgan fingerprint density at radius 2 is 2.02 bits per heavy atom. The molecule has 0 saturated carbocycles. The third-order valence-electron chi connectivity index (χ3n) is 9.64. The minimum atomic E-state index is -5.10. The van der Waals surface area contributed by atoms with Crippen molar-refractivity contribution in [3.8, 4) is 23.2 Å². The number of thiophene rings is 1. The van der Waals surface area contributed by atoms with Gasteiger partial charge in [-0.1, -0.05) is 6.07 Å². The summed E-state index contributed by atoms with van der Waals surface area (Å²) in [6.07, 6.45) is -2.28. The predicted octanol–water partition coefficient (Wildman–Crippen LogP) is 6.73. The fourth-order valence-electron chi connectivity index (χ4n) is 7.49. The molecular weight excluding hydrogens is 682 g/mol. The van der Waals surface area contributed by atoms with E-state index in [1.165, 1.54) is 0 Å². The molecule has 9 nitrogen and oxygen atoms in total. The Hall–Kier alpha value is -4.62. The van der Waals surface area contributed by atoms with Crippen LogP contribution in [-0.4, -0.2) is 71.6 Å². The minimum absolute atomic E-state index is 0.000394. The second-order valence-corrected chi connectivity index (χ2v) is 14.0. The number of aliphatic imine (C=N–C) groups is 1. The van der Waals surface area contributed by atoms with Crippen molar-refractivity contribution in [3.05, 3.63) is 52.7 Å². The molecule has 4 N–H and O–H groups in total. The number of ether oxygens (including phenoxy) is 1. The molecule has 0 aliphatic carbocycles. The highest BCUT2D eigenvalue weighted by atomic mass is 32.1. The molecular formula is C34H32F6N8OS. The highest BCUT2D eigenvalue weighted by molar-refractivity contribution is 7.23. The van der Waals surface area contributed by atoms with Gasteiger partial charge in [0.25, 0.3) is 0 Å². The van der Waals surface area contributed by atoms with Crippen molar-refractivity contribution in [2.24, 2.45) is 10.7 Å². The molecule has 3 aliphatic heterocycles. The van der Waals surface area contributed by atoms with Crippen LogP contribution in [0.15, 0.2) is 35.0 Å². The quantitative estimate of drug-likeness (QED) is 0.211. The Labute approximate surface area is 286 Å². The second-order valence-electron chi connectivity index (χ2n) is 13.0. The highest BCUT2D eigenvalue weighted by Crippen LogP contribution is 2.48. The fraction of sp³-hybridized carbons (Fsp3) is 0.412. The molecule has 0 spiro atoms. The van der Waals surface area contributed by atoms with Crippen LogP contribution in [-0.2, 0) is 6.18 Å². The SMILES string of the molecule is C/C(N)=C/C1=NCCN(c2nc(OCC34CCCN3CC(F)C4)nc3c(F)c(-c4ccc(F)c5sc(N)c(C#N)c45)c(C(F)(F)F)cc23)CC1. The number of hydrogen-bond donors (Lipinski definition) is 2.